The van der Waals surface area contributed by atoms with Crippen molar-refractivity contribution in [3.8, 4) is 0 Å². The van der Waals surface area contributed by atoms with Gasteiger partial charge in [-0.2, -0.15) is 4.31 Å². The first-order chi connectivity index (χ1) is 11.2. The van der Waals surface area contributed by atoms with Gasteiger partial charge < -0.3 is 9.64 Å². The fourth-order valence-electron chi connectivity index (χ4n) is 2.31. The van der Waals surface area contributed by atoms with Crippen molar-refractivity contribution >= 4 is 21.6 Å². The monoisotopic (exact) mass is 357 g/mol. The normalized spacial score (nSPS) is 15.5. The highest BCUT2D eigenvalue weighted by Crippen LogP contribution is 2.24. The van der Waals surface area contributed by atoms with Gasteiger partial charge in [0.25, 0.3) is 5.69 Å². The topological polar surface area (TPSA) is 110 Å². The van der Waals surface area contributed by atoms with E-state index in [-0.39, 0.29) is 23.0 Å². The van der Waals surface area contributed by atoms with E-state index in [9.17, 15) is 23.3 Å². The van der Waals surface area contributed by atoms with E-state index in [1.54, 1.807) is 0 Å². The molecule has 0 bridgehead atoms. The SMILES string of the molecule is Cc1ccc(S(=O)(=O)N(C)CC(=O)N2CCOCC2)cc1[N+](=O)[O-]. The van der Waals surface area contributed by atoms with Crippen molar-refractivity contribution in [3.05, 3.63) is 33.9 Å². The van der Waals surface area contributed by atoms with Crippen LogP contribution in [-0.2, 0) is 19.6 Å². The molecule has 1 aromatic rings. The lowest BCUT2D eigenvalue weighted by Gasteiger charge is -2.28. The lowest BCUT2D eigenvalue weighted by molar-refractivity contribution is -0.385. The zero-order chi connectivity index (χ0) is 17.9. The highest BCUT2D eigenvalue weighted by Gasteiger charge is 2.27. The van der Waals surface area contributed by atoms with E-state index in [4.69, 9.17) is 4.74 Å². The molecular formula is C14H19N3O6S. The first-order valence-electron chi connectivity index (χ1n) is 7.30. The van der Waals surface area contributed by atoms with Crippen LogP contribution in [0.3, 0.4) is 0 Å². The lowest BCUT2D eigenvalue weighted by atomic mass is 10.2. The van der Waals surface area contributed by atoms with Crippen molar-refractivity contribution in [3.63, 3.8) is 0 Å². The van der Waals surface area contributed by atoms with E-state index in [2.05, 4.69) is 0 Å². The average Bonchev–Trinajstić information content (AvgIpc) is 2.55. The third-order valence-electron chi connectivity index (χ3n) is 3.81. The second-order valence-corrected chi connectivity index (χ2v) is 7.50. The fourth-order valence-corrected chi connectivity index (χ4v) is 3.46. The quantitative estimate of drug-likeness (QED) is 0.557. The molecule has 0 N–H and O–H groups in total. The molecule has 0 atom stereocenters. The molecule has 0 spiro atoms. The van der Waals surface area contributed by atoms with Crippen LogP contribution in [0.1, 0.15) is 5.56 Å². The van der Waals surface area contributed by atoms with Gasteiger partial charge in [0.15, 0.2) is 0 Å². The number of likely N-dealkylation sites (N-methyl/N-ethyl adjacent to an activating group) is 1. The zero-order valence-corrected chi connectivity index (χ0v) is 14.3. The van der Waals surface area contributed by atoms with Crippen LogP contribution in [0.15, 0.2) is 23.1 Å². The van der Waals surface area contributed by atoms with Crippen LogP contribution in [-0.4, -0.2) is 68.3 Å². The van der Waals surface area contributed by atoms with Gasteiger partial charge in [-0.05, 0) is 13.0 Å². The number of aryl methyl sites for hydroxylation is 1. The minimum atomic E-state index is -4.00. The number of carbonyl (C=O) groups excluding carboxylic acids is 1. The highest BCUT2D eigenvalue weighted by atomic mass is 32.2. The molecule has 1 amide bonds. The third kappa shape index (κ3) is 3.89. The van der Waals surface area contributed by atoms with Crippen molar-refractivity contribution in [1.29, 1.82) is 0 Å². The highest BCUT2D eigenvalue weighted by molar-refractivity contribution is 7.89. The van der Waals surface area contributed by atoms with E-state index >= 15 is 0 Å². The predicted octanol–water partition coefficient (Wildman–Crippen LogP) is 0.383. The molecule has 10 heteroatoms. The van der Waals surface area contributed by atoms with Gasteiger partial charge in [0, 0.05) is 31.8 Å². The number of nitro groups is 1. The van der Waals surface area contributed by atoms with Crippen molar-refractivity contribution in [2.45, 2.75) is 11.8 Å². The summed E-state index contributed by atoms with van der Waals surface area (Å²) in [5, 5.41) is 11.0. The number of rotatable bonds is 5. The number of hydrogen-bond acceptors (Lipinski definition) is 6. The summed E-state index contributed by atoms with van der Waals surface area (Å²) < 4.78 is 31.1. The molecule has 0 aliphatic carbocycles. The first-order valence-corrected chi connectivity index (χ1v) is 8.74. The van der Waals surface area contributed by atoms with E-state index in [0.29, 0.717) is 31.9 Å². The Morgan fingerprint density at radius 2 is 2.00 bits per heavy atom. The molecule has 1 aromatic carbocycles. The molecule has 1 aliphatic heterocycles. The van der Waals surface area contributed by atoms with E-state index in [1.165, 1.54) is 31.0 Å². The summed E-state index contributed by atoms with van der Waals surface area (Å²) in [6.45, 7) is 2.88. The summed E-state index contributed by atoms with van der Waals surface area (Å²) in [6, 6.07) is 3.69. The average molecular weight is 357 g/mol. The number of amides is 1. The van der Waals surface area contributed by atoms with Gasteiger partial charge in [0.2, 0.25) is 15.9 Å². The Morgan fingerprint density at radius 3 is 2.58 bits per heavy atom. The minimum absolute atomic E-state index is 0.211. The number of nitro benzene ring substituents is 1. The summed E-state index contributed by atoms with van der Waals surface area (Å²) in [7, 11) is -2.72. The Morgan fingerprint density at radius 1 is 1.38 bits per heavy atom. The molecule has 0 aromatic heterocycles. The molecular weight excluding hydrogens is 338 g/mol. The van der Waals surface area contributed by atoms with E-state index in [1.807, 2.05) is 0 Å². The molecule has 2 rings (SSSR count). The second-order valence-electron chi connectivity index (χ2n) is 5.46. The second kappa shape index (κ2) is 7.24. The number of carbonyl (C=O) groups is 1. The molecule has 9 nitrogen and oxygen atoms in total. The van der Waals surface area contributed by atoms with Gasteiger partial charge >= 0.3 is 0 Å². The minimum Gasteiger partial charge on any atom is -0.378 e. The Balaban J connectivity index is 2.18. The summed E-state index contributed by atoms with van der Waals surface area (Å²) in [6.07, 6.45) is 0. The predicted molar refractivity (Wildman–Crippen MR) is 85.0 cm³/mol. The van der Waals surface area contributed by atoms with Gasteiger partial charge in [0.05, 0.1) is 29.6 Å². The van der Waals surface area contributed by atoms with Crippen LogP contribution in [0.2, 0.25) is 0 Å². The fraction of sp³-hybridized carbons (Fsp3) is 0.500. The Labute approximate surface area is 140 Å². The smallest absolute Gasteiger partial charge is 0.273 e. The Hall–Kier alpha value is -2.04. The summed E-state index contributed by atoms with van der Waals surface area (Å²) >= 11 is 0. The van der Waals surface area contributed by atoms with Gasteiger partial charge in [0.1, 0.15) is 0 Å². The van der Waals surface area contributed by atoms with Crippen molar-refractivity contribution in [2.24, 2.45) is 0 Å². The van der Waals surface area contributed by atoms with Gasteiger partial charge in [-0.15, -0.1) is 0 Å². The number of ether oxygens (including phenoxy) is 1. The molecule has 1 saturated heterocycles. The van der Waals surface area contributed by atoms with Gasteiger partial charge in [-0.3, -0.25) is 14.9 Å². The first kappa shape index (κ1) is 18.3. The Kier molecular flexibility index (Phi) is 5.52. The van der Waals surface area contributed by atoms with Crippen LogP contribution >= 0.6 is 0 Å². The summed E-state index contributed by atoms with van der Waals surface area (Å²) in [5.41, 5.74) is 0.0926. The van der Waals surface area contributed by atoms with Crippen LogP contribution in [0.4, 0.5) is 5.69 Å². The number of morpholine rings is 1. The number of hydrogen-bond donors (Lipinski definition) is 0. The number of nitrogens with zero attached hydrogens (tertiary/aromatic N) is 3. The molecule has 1 heterocycles. The van der Waals surface area contributed by atoms with Gasteiger partial charge in [-0.1, -0.05) is 6.07 Å². The van der Waals surface area contributed by atoms with Crippen LogP contribution < -0.4 is 0 Å². The van der Waals surface area contributed by atoms with Crippen molar-refractivity contribution < 1.29 is 22.9 Å². The van der Waals surface area contributed by atoms with Crippen LogP contribution in [0.25, 0.3) is 0 Å². The van der Waals surface area contributed by atoms with Crippen molar-refractivity contribution in [2.75, 3.05) is 39.9 Å². The molecule has 24 heavy (non-hydrogen) atoms. The van der Waals surface area contributed by atoms with Crippen LogP contribution in [0.5, 0.6) is 0 Å². The maximum absolute atomic E-state index is 12.5. The number of sulfonamides is 1. The standard InChI is InChI=1S/C14H19N3O6S/c1-11-3-4-12(9-13(11)17(19)20)24(21,22)15(2)10-14(18)16-5-7-23-8-6-16/h3-4,9H,5-8,10H2,1-2H3. The maximum atomic E-state index is 12.5. The summed E-state index contributed by atoms with van der Waals surface area (Å²) in [5.74, 6) is -0.328. The molecule has 1 fully saturated rings. The summed E-state index contributed by atoms with van der Waals surface area (Å²) in [4.78, 5) is 23.8. The molecule has 0 saturated carbocycles. The Bertz CT molecular complexity index is 743. The lowest BCUT2D eigenvalue weighted by Crippen LogP contribution is -2.46. The van der Waals surface area contributed by atoms with E-state index in [0.717, 1.165) is 10.4 Å². The number of benzene rings is 1. The van der Waals surface area contributed by atoms with E-state index < -0.39 is 14.9 Å². The maximum Gasteiger partial charge on any atom is 0.273 e. The molecule has 132 valence electrons. The zero-order valence-electron chi connectivity index (χ0n) is 13.5. The molecule has 0 unspecified atom stereocenters. The van der Waals surface area contributed by atoms with Crippen molar-refractivity contribution in [1.82, 2.24) is 9.21 Å². The molecule has 1 aliphatic rings. The third-order valence-corrected chi connectivity index (χ3v) is 5.61. The largest absolute Gasteiger partial charge is 0.378 e. The van der Waals surface area contributed by atoms with Gasteiger partial charge in [-0.25, -0.2) is 8.42 Å². The van der Waals surface area contributed by atoms with Crippen LogP contribution in [0, 0.1) is 17.0 Å². The molecule has 0 radical (unpaired) electrons.